The third-order valence-corrected chi connectivity index (χ3v) is 1.64. The molecule has 0 saturated heterocycles. The van der Waals surface area contributed by atoms with Crippen LogP contribution in [0.4, 0.5) is 0 Å². The molecule has 0 rings (SSSR count). The van der Waals surface area contributed by atoms with Crippen LogP contribution in [-0.4, -0.2) is 22.9 Å². The summed E-state index contributed by atoms with van der Waals surface area (Å²) in [6.45, 7) is 1.92. The van der Waals surface area contributed by atoms with Gasteiger partial charge in [0.05, 0.1) is 12.7 Å². The lowest BCUT2D eigenvalue weighted by atomic mass is 10.2. The Bertz CT molecular complexity index is 101. The second-order valence-corrected chi connectivity index (χ2v) is 3.13. The van der Waals surface area contributed by atoms with Crippen molar-refractivity contribution < 1.29 is 10.2 Å². The fourth-order valence-electron chi connectivity index (χ4n) is 0.379. The molecule has 0 fully saturated rings. The molecule has 1 unspecified atom stereocenters. The Morgan fingerprint density at radius 3 is 2.67 bits per heavy atom. The van der Waals surface area contributed by atoms with E-state index >= 15 is 0 Å². The summed E-state index contributed by atoms with van der Waals surface area (Å²) in [7, 11) is 0. The Morgan fingerprint density at radius 1 is 1.78 bits per heavy atom. The fraction of sp³-hybridized carbons (Fsp3) is 0.667. The highest BCUT2D eigenvalue weighted by atomic mass is 127. The number of aliphatic hydroxyl groups excluding tert-OH is 2. The first-order valence-corrected chi connectivity index (χ1v) is 3.93. The maximum atomic E-state index is 8.97. The predicted molar refractivity (Wildman–Crippen MR) is 45.5 cm³/mol. The van der Waals surface area contributed by atoms with Gasteiger partial charge in [0.25, 0.3) is 0 Å². The average molecular weight is 242 g/mol. The van der Waals surface area contributed by atoms with Crippen LogP contribution in [0.5, 0.6) is 0 Å². The molecule has 0 aliphatic carbocycles. The Kier molecular flexibility index (Phi) is 5.42. The third-order valence-electron chi connectivity index (χ3n) is 0.943. The van der Waals surface area contributed by atoms with Gasteiger partial charge in [0.15, 0.2) is 0 Å². The van der Waals surface area contributed by atoms with Gasteiger partial charge < -0.3 is 10.2 Å². The largest absolute Gasteiger partial charge is 0.391 e. The third kappa shape index (κ3) is 4.87. The Balaban J connectivity index is 3.64. The Labute approximate surface area is 68.7 Å². The first-order chi connectivity index (χ1) is 4.20. The Morgan fingerprint density at radius 2 is 2.33 bits per heavy atom. The number of hydrogen-bond acceptors (Lipinski definition) is 2. The van der Waals surface area contributed by atoms with Gasteiger partial charge in [-0.05, 0) is 35.1 Å². The highest BCUT2D eigenvalue weighted by molar-refractivity contribution is 14.1. The quantitative estimate of drug-likeness (QED) is 0.726. The second kappa shape index (κ2) is 5.20. The molecule has 9 heavy (non-hydrogen) atoms. The van der Waals surface area contributed by atoms with Gasteiger partial charge in [0, 0.05) is 3.58 Å². The second-order valence-electron chi connectivity index (χ2n) is 1.75. The van der Waals surface area contributed by atoms with Crippen LogP contribution in [0.2, 0.25) is 0 Å². The van der Waals surface area contributed by atoms with Gasteiger partial charge in [0.2, 0.25) is 0 Å². The highest BCUT2D eigenvalue weighted by Crippen LogP contribution is 2.06. The zero-order valence-corrected chi connectivity index (χ0v) is 7.50. The van der Waals surface area contributed by atoms with Gasteiger partial charge in [-0.3, -0.25) is 0 Å². The zero-order valence-electron chi connectivity index (χ0n) is 5.34. The van der Waals surface area contributed by atoms with E-state index in [1.165, 1.54) is 0 Å². The van der Waals surface area contributed by atoms with Gasteiger partial charge in [-0.15, -0.1) is 0 Å². The molecular formula is C6H11IO2. The van der Waals surface area contributed by atoms with Crippen molar-refractivity contribution in [3.8, 4) is 0 Å². The summed E-state index contributed by atoms with van der Waals surface area (Å²) < 4.78 is 0.793. The molecule has 0 aromatic rings. The lowest BCUT2D eigenvalue weighted by Crippen LogP contribution is -2.00. The molecule has 1 atom stereocenters. The van der Waals surface area contributed by atoms with E-state index in [0.29, 0.717) is 6.42 Å². The molecule has 0 aliphatic heterocycles. The molecule has 54 valence electrons. The number of hydrogen-bond donors (Lipinski definition) is 2. The van der Waals surface area contributed by atoms with E-state index in [1.54, 1.807) is 6.08 Å². The van der Waals surface area contributed by atoms with Crippen LogP contribution >= 0.6 is 22.6 Å². The lowest BCUT2D eigenvalue weighted by Gasteiger charge is -1.99. The predicted octanol–water partition coefficient (Wildman–Crippen LogP) is 1.07. The van der Waals surface area contributed by atoms with Gasteiger partial charge >= 0.3 is 0 Å². The maximum absolute atomic E-state index is 8.97. The molecular weight excluding hydrogens is 231 g/mol. The van der Waals surface area contributed by atoms with Crippen molar-refractivity contribution >= 4 is 22.6 Å². The molecule has 3 heteroatoms. The van der Waals surface area contributed by atoms with Gasteiger partial charge in [-0.25, -0.2) is 0 Å². The van der Waals surface area contributed by atoms with Crippen molar-refractivity contribution in [2.75, 3.05) is 6.61 Å². The summed E-state index contributed by atoms with van der Waals surface area (Å²) in [5, 5.41) is 17.5. The van der Waals surface area contributed by atoms with E-state index < -0.39 is 6.10 Å². The fourth-order valence-corrected chi connectivity index (χ4v) is 0.794. The lowest BCUT2D eigenvalue weighted by molar-refractivity contribution is 0.217. The van der Waals surface area contributed by atoms with Crippen LogP contribution < -0.4 is 0 Å². The van der Waals surface area contributed by atoms with Crippen LogP contribution in [0.1, 0.15) is 13.3 Å². The molecule has 0 bridgehead atoms. The van der Waals surface area contributed by atoms with E-state index in [1.807, 2.05) is 29.5 Å². The molecule has 0 saturated carbocycles. The van der Waals surface area contributed by atoms with Crippen LogP contribution in [0.15, 0.2) is 9.66 Å². The summed E-state index contributed by atoms with van der Waals surface area (Å²) in [6.07, 6.45) is 1.96. The molecule has 0 heterocycles. The van der Waals surface area contributed by atoms with Crippen LogP contribution in [0.25, 0.3) is 0 Å². The van der Waals surface area contributed by atoms with E-state index in [2.05, 4.69) is 0 Å². The SMILES string of the molecule is CCC(O)C=C(I)CO. The van der Waals surface area contributed by atoms with Crippen LogP contribution in [0, 0.1) is 0 Å². The Hall–Kier alpha value is 0.390. The standard InChI is InChI=1S/C6H11IO2/c1-2-6(9)3-5(7)4-8/h3,6,8-9H,2,4H2,1H3. The molecule has 2 nitrogen and oxygen atoms in total. The van der Waals surface area contributed by atoms with Gasteiger partial charge in [0.1, 0.15) is 0 Å². The van der Waals surface area contributed by atoms with Gasteiger partial charge in [-0.2, -0.15) is 0 Å². The maximum Gasteiger partial charge on any atom is 0.0736 e. The van der Waals surface area contributed by atoms with E-state index in [0.717, 1.165) is 3.58 Å². The molecule has 0 aliphatic rings. The first-order valence-electron chi connectivity index (χ1n) is 2.85. The number of aliphatic hydroxyl groups is 2. The number of rotatable bonds is 3. The van der Waals surface area contributed by atoms with Crippen LogP contribution in [-0.2, 0) is 0 Å². The van der Waals surface area contributed by atoms with E-state index in [-0.39, 0.29) is 6.61 Å². The summed E-state index contributed by atoms with van der Waals surface area (Å²) >= 11 is 2.00. The normalized spacial score (nSPS) is 15.8. The van der Waals surface area contributed by atoms with Crippen molar-refractivity contribution in [3.63, 3.8) is 0 Å². The van der Waals surface area contributed by atoms with Crippen molar-refractivity contribution in [1.29, 1.82) is 0 Å². The first kappa shape index (κ1) is 9.39. The van der Waals surface area contributed by atoms with Crippen molar-refractivity contribution in [2.24, 2.45) is 0 Å². The molecule has 0 aromatic carbocycles. The molecule has 0 amide bonds. The minimum Gasteiger partial charge on any atom is -0.391 e. The molecule has 0 aromatic heterocycles. The van der Waals surface area contributed by atoms with Crippen molar-refractivity contribution in [1.82, 2.24) is 0 Å². The summed E-state index contributed by atoms with van der Waals surface area (Å²) in [5.41, 5.74) is 0. The summed E-state index contributed by atoms with van der Waals surface area (Å²) in [6, 6.07) is 0. The summed E-state index contributed by atoms with van der Waals surface area (Å²) in [5.74, 6) is 0. The minimum atomic E-state index is -0.399. The zero-order chi connectivity index (χ0) is 7.28. The number of halogens is 1. The molecule has 0 radical (unpaired) electrons. The van der Waals surface area contributed by atoms with E-state index in [9.17, 15) is 0 Å². The van der Waals surface area contributed by atoms with Gasteiger partial charge in [-0.1, -0.05) is 6.92 Å². The smallest absolute Gasteiger partial charge is 0.0736 e. The van der Waals surface area contributed by atoms with Crippen LogP contribution in [0.3, 0.4) is 0 Å². The average Bonchev–Trinajstić information content (AvgIpc) is 1.87. The molecule has 0 spiro atoms. The van der Waals surface area contributed by atoms with E-state index in [4.69, 9.17) is 10.2 Å². The van der Waals surface area contributed by atoms with Crippen molar-refractivity contribution in [3.05, 3.63) is 9.66 Å². The van der Waals surface area contributed by atoms with Crippen molar-refractivity contribution in [2.45, 2.75) is 19.4 Å². The summed E-state index contributed by atoms with van der Waals surface area (Å²) in [4.78, 5) is 0. The molecule has 2 N–H and O–H groups in total. The monoisotopic (exact) mass is 242 g/mol. The highest BCUT2D eigenvalue weighted by Gasteiger charge is 1.95. The minimum absolute atomic E-state index is 0.0254. The topological polar surface area (TPSA) is 40.5 Å².